The molecule has 0 radical (unpaired) electrons. The number of alkyl halides is 3. The molecule has 0 bridgehead atoms. The zero-order valence-corrected chi connectivity index (χ0v) is 9.58. The molecule has 1 atom stereocenters. The van der Waals surface area contributed by atoms with E-state index in [4.69, 9.17) is 0 Å². The summed E-state index contributed by atoms with van der Waals surface area (Å²) in [7, 11) is 0. The molecule has 2 nitrogen and oxygen atoms in total. The fourth-order valence-electron chi connectivity index (χ4n) is 1.44. The summed E-state index contributed by atoms with van der Waals surface area (Å²) in [6.07, 6.45) is -4.43. The number of hydrogen-bond acceptors (Lipinski definition) is 1. The number of carbonyl (C=O) groups excluding carboxylic acids is 1. The van der Waals surface area contributed by atoms with Crippen molar-refractivity contribution in [3.05, 3.63) is 35.9 Å². The Labute approximate surface area is 97.8 Å². The maximum atomic E-state index is 12.6. The van der Waals surface area contributed by atoms with Crippen molar-refractivity contribution in [2.24, 2.45) is 5.92 Å². The second-order valence-corrected chi connectivity index (χ2v) is 4.10. The van der Waals surface area contributed by atoms with E-state index in [1.54, 1.807) is 18.2 Å². The molecule has 0 saturated heterocycles. The van der Waals surface area contributed by atoms with Gasteiger partial charge < -0.3 is 5.32 Å². The number of hydrogen-bond donors (Lipinski definition) is 1. The van der Waals surface area contributed by atoms with Crippen LogP contribution in [0.15, 0.2) is 30.3 Å². The molecule has 1 N–H and O–H groups in total. The maximum absolute atomic E-state index is 12.6. The highest BCUT2D eigenvalue weighted by atomic mass is 19.4. The smallest absolute Gasteiger partial charge is 0.340 e. The highest BCUT2D eigenvalue weighted by Gasteiger charge is 2.42. The average Bonchev–Trinajstić information content (AvgIpc) is 2.24. The molecule has 1 aromatic carbocycles. The number of nitrogens with one attached hydrogen (secondary N) is 1. The van der Waals surface area contributed by atoms with Crippen LogP contribution in [-0.2, 0) is 0 Å². The fourth-order valence-corrected chi connectivity index (χ4v) is 1.44. The standard InChI is InChI=1S/C12H14F3NO/c1-8(2)10(12(13,14)15)16-11(17)9-6-4-3-5-7-9/h3-8,10H,1-2H3,(H,16,17)/t10-/m0/s1. The van der Waals surface area contributed by atoms with E-state index in [1.165, 1.54) is 26.0 Å². The molecule has 0 aromatic heterocycles. The zero-order chi connectivity index (χ0) is 13.1. The molecular weight excluding hydrogens is 231 g/mol. The molecule has 17 heavy (non-hydrogen) atoms. The van der Waals surface area contributed by atoms with Crippen LogP contribution in [0.3, 0.4) is 0 Å². The van der Waals surface area contributed by atoms with Crippen molar-refractivity contribution in [1.82, 2.24) is 5.32 Å². The lowest BCUT2D eigenvalue weighted by molar-refractivity contribution is -0.162. The molecule has 0 spiro atoms. The molecule has 0 aliphatic heterocycles. The van der Waals surface area contributed by atoms with Gasteiger partial charge in [-0.2, -0.15) is 13.2 Å². The number of benzene rings is 1. The highest BCUT2D eigenvalue weighted by Crippen LogP contribution is 2.25. The van der Waals surface area contributed by atoms with Gasteiger partial charge in [0.1, 0.15) is 6.04 Å². The first-order valence-electron chi connectivity index (χ1n) is 5.25. The van der Waals surface area contributed by atoms with Crippen LogP contribution in [-0.4, -0.2) is 18.1 Å². The van der Waals surface area contributed by atoms with Crippen molar-refractivity contribution >= 4 is 5.91 Å². The lowest BCUT2D eigenvalue weighted by atomic mass is 10.0. The van der Waals surface area contributed by atoms with Crippen molar-refractivity contribution in [3.8, 4) is 0 Å². The number of amides is 1. The van der Waals surface area contributed by atoms with Gasteiger partial charge in [-0.15, -0.1) is 0 Å². The fraction of sp³-hybridized carbons (Fsp3) is 0.417. The van der Waals surface area contributed by atoms with Crippen LogP contribution < -0.4 is 5.32 Å². The molecule has 0 saturated carbocycles. The van der Waals surface area contributed by atoms with E-state index in [1.807, 2.05) is 5.32 Å². The van der Waals surface area contributed by atoms with E-state index in [0.717, 1.165) is 0 Å². The molecule has 94 valence electrons. The molecule has 0 unspecified atom stereocenters. The Kier molecular flexibility index (Phi) is 4.15. The van der Waals surface area contributed by atoms with Crippen LogP contribution in [0, 0.1) is 5.92 Å². The minimum Gasteiger partial charge on any atom is -0.340 e. The molecule has 0 aliphatic carbocycles. The summed E-state index contributed by atoms with van der Waals surface area (Å²) in [6, 6.07) is 6.03. The van der Waals surface area contributed by atoms with Crippen LogP contribution in [0.25, 0.3) is 0 Å². The van der Waals surface area contributed by atoms with Gasteiger partial charge in [-0.05, 0) is 18.1 Å². The Hall–Kier alpha value is -1.52. The molecule has 0 fully saturated rings. The largest absolute Gasteiger partial charge is 0.408 e. The first-order valence-corrected chi connectivity index (χ1v) is 5.25. The predicted octanol–water partition coefficient (Wildman–Crippen LogP) is 3.00. The summed E-state index contributed by atoms with van der Waals surface area (Å²) in [6.45, 7) is 2.84. The molecule has 1 aromatic rings. The lowest BCUT2D eigenvalue weighted by Gasteiger charge is -2.24. The molecule has 0 aliphatic rings. The van der Waals surface area contributed by atoms with Crippen LogP contribution in [0.5, 0.6) is 0 Å². The third-order valence-electron chi connectivity index (χ3n) is 2.34. The second kappa shape index (κ2) is 5.21. The van der Waals surface area contributed by atoms with Gasteiger partial charge in [-0.25, -0.2) is 0 Å². The zero-order valence-electron chi connectivity index (χ0n) is 9.58. The topological polar surface area (TPSA) is 29.1 Å². The van der Waals surface area contributed by atoms with Crippen molar-refractivity contribution in [2.75, 3.05) is 0 Å². The van der Waals surface area contributed by atoms with Crippen molar-refractivity contribution < 1.29 is 18.0 Å². The summed E-state index contributed by atoms with van der Waals surface area (Å²) in [4.78, 5) is 11.6. The minimum atomic E-state index is -4.43. The third-order valence-corrected chi connectivity index (χ3v) is 2.34. The summed E-state index contributed by atoms with van der Waals surface area (Å²) in [5.41, 5.74) is 0.224. The van der Waals surface area contributed by atoms with Gasteiger partial charge in [-0.3, -0.25) is 4.79 Å². The lowest BCUT2D eigenvalue weighted by Crippen LogP contribution is -2.48. The Morgan fingerprint density at radius 2 is 1.71 bits per heavy atom. The van der Waals surface area contributed by atoms with Gasteiger partial charge in [0.15, 0.2) is 0 Å². The Balaban J connectivity index is 2.79. The van der Waals surface area contributed by atoms with Crippen molar-refractivity contribution in [3.63, 3.8) is 0 Å². The summed E-state index contributed by atoms with van der Waals surface area (Å²) < 4.78 is 37.9. The van der Waals surface area contributed by atoms with E-state index in [9.17, 15) is 18.0 Å². The van der Waals surface area contributed by atoms with Crippen molar-refractivity contribution in [1.29, 1.82) is 0 Å². The van der Waals surface area contributed by atoms with Crippen LogP contribution in [0.1, 0.15) is 24.2 Å². The minimum absolute atomic E-state index is 0.224. The SMILES string of the molecule is CC(C)[C@H](NC(=O)c1ccccc1)C(F)(F)F. The Morgan fingerprint density at radius 1 is 1.18 bits per heavy atom. The van der Waals surface area contributed by atoms with Crippen LogP contribution in [0.2, 0.25) is 0 Å². The van der Waals surface area contributed by atoms with Gasteiger partial charge in [0.25, 0.3) is 5.91 Å². The normalized spacial score (nSPS) is 13.5. The first-order chi connectivity index (χ1) is 7.82. The van der Waals surface area contributed by atoms with Gasteiger partial charge in [0.05, 0.1) is 0 Å². The Morgan fingerprint density at radius 3 is 2.12 bits per heavy atom. The molecule has 1 rings (SSSR count). The monoisotopic (exact) mass is 245 g/mol. The number of halogens is 3. The van der Waals surface area contributed by atoms with Crippen LogP contribution in [0.4, 0.5) is 13.2 Å². The summed E-state index contributed by atoms with van der Waals surface area (Å²) >= 11 is 0. The third kappa shape index (κ3) is 3.76. The first kappa shape index (κ1) is 13.5. The second-order valence-electron chi connectivity index (χ2n) is 4.10. The molecule has 0 heterocycles. The number of rotatable bonds is 3. The van der Waals surface area contributed by atoms with Gasteiger partial charge in [0.2, 0.25) is 0 Å². The Bertz CT molecular complexity index is 373. The van der Waals surface area contributed by atoms with E-state index in [2.05, 4.69) is 0 Å². The predicted molar refractivity (Wildman–Crippen MR) is 58.6 cm³/mol. The quantitative estimate of drug-likeness (QED) is 0.871. The molecule has 1 amide bonds. The average molecular weight is 245 g/mol. The van der Waals surface area contributed by atoms with E-state index in [-0.39, 0.29) is 5.56 Å². The molecular formula is C12H14F3NO. The van der Waals surface area contributed by atoms with Gasteiger partial charge in [0, 0.05) is 5.56 Å². The van der Waals surface area contributed by atoms with E-state index in [0.29, 0.717) is 0 Å². The van der Waals surface area contributed by atoms with Crippen LogP contribution >= 0.6 is 0 Å². The van der Waals surface area contributed by atoms with Gasteiger partial charge >= 0.3 is 6.18 Å². The summed E-state index contributed by atoms with van der Waals surface area (Å²) in [5.74, 6) is -1.41. The highest BCUT2D eigenvalue weighted by molar-refractivity contribution is 5.94. The van der Waals surface area contributed by atoms with E-state index >= 15 is 0 Å². The van der Waals surface area contributed by atoms with E-state index < -0.39 is 24.0 Å². The number of carbonyl (C=O) groups is 1. The van der Waals surface area contributed by atoms with Gasteiger partial charge in [-0.1, -0.05) is 32.0 Å². The summed E-state index contributed by atoms with van der Waals surface area (Å²) in [5, 5.41) is 2.01. The van der Waals surface area contributed by atoms with Crippen molar-refractivity contribution in [2.45, 2.75) is 26.1 Å². The molecule has 5 heteroatoms. The maximum Gasteiger partial charge on any atom is 0.408 e.